The van der Waals surface area contributed by atoms with Crippen molar-refractivity contribution in [3.8, 4) is 0 Å². The zero-order valence-electron chi connectivity index (χ0n) is 10.4. The van der Waals surface area contributed by atoms with Gasteiger partial charge in [-0.2, -0.15) is 0 Å². The Morgan fingerprint density at radius 2 is 2.06 bits per heavy atom. The number of primary amides is 1. The molecule has 4 nitrogen and oxygen atoms in total. The molecule has 0 unspecified atom stereocenters. The van der Waals surface area contributed by atoms with Crippen LogP contribution in [0.1, 0.15) is 33.1 Å². The molecule has 0 spiro atoms. The Bertz CT molecular complexity index is 211. The molecule has 0 aromatic rings. The third-order valence-corrected chi connectivity index (χ3v) is 3.06. The third-order valence-electron chi connectivity index (χ3n) is 3.06. The van der Waals surface area contributed by atoms with E-state index in [1.165, 1.54) is 0 Å². The van der Waals surface area contributed by atoms with Crippen LogP contribution in [0, 0.1) is 5.92 Å². The van der Waals surface area contributed by atoms with Crippen molar-refractivity contribution in [2.24, 2.45) is 11.7 Å². The summed E-state index contributed by atoms with van der Waals surface area (Å²) in [6.45, 7) is 7.39. The van der Waals surface area contributed by atoms with Gasteiger partial charge in [0.1, 0.15) is 0 Å². The Morgan fingerprint density at radius 1 is 1.44 bits per heavy atom. The van der Waals surface area contributed by atoms with Crippen molar-refractivity contribution in [2.75, 3.05) is 26.2 Å². The van der Waals surface area contributed by atoms with E-state index in [-0.39, 0.29) is 5.91 Å². The Kier molecular flexibility index (Phi) is 5.77. The van der Waals surface area contributed by atoms with Crippen LogP contribution in [0.5, 0.6) is 0 Å². The maximum absolute atomic E-state index is 10.8. The molecule has 1 heterocycles. The van der Waals surface area contributed by atoms with E-state index in [0.717, 1.165) is 44.9 Å². The first-order valence-corrected chi connectivity index (χ1v) is 6.20. The van der Waals surface area contributed by atoms with Gasteiger partial charge in [0.2, 0.25) is 5.91 Å². The van der Waals surface area contributed by atoms with E-state index >= 15 is 0 Å². The molecule has 2 N–H and O–H groups in total. The molecule has 1 amide bonds. The molecule has 1 fully saturated rings. The Labute approximate surface area is 98.1 Å². The third kappa shape index (κ3) is 5.47. The molecule has 0 saturated carbocycles. The van der Waals surface area contributed by atoms with Crippen LogP contribution < -0.4 is 5.73 Å². The number of ether oxygens (including phenoxy) is 1. The van der Waals surface area contributed by atoms with E-state index in [9.17, 15) is 4.79 Å². The van der Waals surface area contributed by atoms with Gasteiger partial charge in [0, 0.05) is 6.61 Å². The number of carbonyl (C=O) groups excluding carboxylic acids is 1. The maximum Gasteiger partial charge on any atom is 0.231 e. The van der Waals surface area contributed by atoms with Gasteiger partial charge < -0.3 is 10.5 Å². The SMILES string of the molecule is CC(C)OCCC1CCN(CC(N)=O)CC1. The standard InChI is InChI=1S/C12H24N2O2/c1-10(2)16-8-5-11-3-6-14(7-4-11)9-12(13)15/h10-11H,3-9H2,1-2H3,(H2,13,15). The molecule has 16 heavy (non-hydrogen) atoms. The molecule has 4 heteroatoms. The lowest BCUT2D eigenvalue weighted by atomic mass is 9.94. The van der Waals surface area contributed by atoms with Gasteiger partial charge in [-0.15, -0.1) is 0 Å². The van der Waals surface area contributed by atoms with Crippen LogP contribution in [0.15, 0.2) is 0 Å². The predicted molar refractivity (Wildman–Crippen MR) is 64.1 cm³/mol. The van der Waals surface area contributed by atoms with Crippen molar-refractivity contribution < 1.29 is 9.53 Å². The lowest BCUT2D eigenvalue weighted by molar-refractivity contribution is -0.119. The van der Waals surface area contributed by atoms with E-state index in [2.05, 4.69) is 18.7 Å². The van der Waals surface area contributed by atoms with Gasteiger partial charge in [0.15, 0.2) is 0 Å². The van der Waals surface area contributed by atoms with Gasteiger partial charge in [-0.1, -0.05) is 0 Å². The van der Waals surface area contributed by atoms with Gasteiger partial charge in [0.05, 0.1) is 12.6 Å². The molecule has 1 aliphatic rings. The number of rotatable bonds is 6. The summed E-state index contributed by atoms with van der Waals surface area (Å²) >= 11 is 0. The number of likely N-dealkylation sites (tertiary alicyclic amines) is 1. The van der Waals surface area contributed by atoms with Crippen molar-refractivity contribution >= 4 is 5.91 Å². The van der Waals surface area contributed by atoms with Crippen LogP contribution in [0.3, 0.4) is 0 Å². The molecule has 0 aliphatic carbocycles. The summed E-state index contributed by atoms with van der Waals surface area (Å²) in [7, 11) is 0. The summed E-state index contributed by atoms with van der Waals surface area (Å²) in [6.07, 6.45) is 3.79. The van der Waals surface area contributed by atoms with Crippen molar-refractivity contribution in [2.45, 2.75) is 39.2 Å². The van der Waals surface area contributed by atoms with E-state index in [1.54, 1.807) is 0 Å². The van der Waals surface area contributed by atoms with Crippen LogP contribution in [0.25, 0.3) is 0 Å². The Balaban J connectivity index is 2.10. The Hall–Kier alpha value is -0.610. The monoisotopic (exact) mass is 228 g/mol. The zero-order chi connectivity index (χ0) is 12.0. The highest BCUT2D eigenvalue weighted by molar-refractivity contribution is 5.75. The largest absolute Gasteiger partial charge is 0.379 e. The molecule has 1 saturated heterocycles. The molecule has 94 valence electrons. The molecular weight excluding hydrogens is 204 g/mol. The quantitative estimate of drug-likeness (QED) is 0.738. The fraction of sp³-hybridized carbons (Fsp3) is 0.917. The van der Waals surface area contributed by atoms with E-state index < -0.39 is 0 Å². The highest BCUT2D eigenvalue weighted by Crippen LogP contribution is 2.20. The van der Waals surface area contributed by atoms with Crippen LogP contribution >= 0.6 is 0 Å². The predicted octanol–water partition coefficient (Wildman–Crippen LogP) is 0.999. The lowest BCUT2D eigenvalue weighted by Gasteiger charge is -2.31. The second-order valence-electron chi connectivity index (χ2n) is 4.89. The number of nitrogens with two attached hydrogens (primary N) is 1. The minimum absolute atomic E-state index is 0.221. The molecule has 0 atom stereocenters. The number of hydrogen-bond acceptors (Lipinski definition) is 3. The summed E-state index contributed by atoms with van der Waals surface area (Å²) in [5.74, 6) is 0.532. The van der Waals surface area contributed by atoms with E-state index in [1.807, 2.05) is 0 Å². The summed E-state index contributed by atoms with van der Waals surface area (Å²) in [5.41, 5.74) is 5.17. The smallest absolute Gasteiger partial charge is 0.231 e. The van der Waals surface area contributed by atoms with Crippen LogP contribution in [0.2, 0.25) is 0 Å². The van der Waals surface area contributed by atoms with Crippen molar-refractivity contribution in [3.63, 3.8) is 0 Å². The van der Waals surface area contributed by atoms with Gasteiger partial charge in [-0.25, -0.2) is 0 Å². The molecule has 1 aliphatic heterocycles. The normalized spacial score (nSPS) is 19.2. The van der Waals surface area contributed by atoms with Crippen molar-refractivity contribution in [1.29, 1.82) is 0 Å². The topological polar surface area (TPSA) is 55.6 Å². The minimum Gasteiger partial charge on any atom is -0.379 e. The number of hydrogen-bond donors (Lipinski definition) is 1. The van der Waals surface area contributed by atoms with Gasteiger partial charge in [0.25, 0.3) is 0 Å². The van der Waals surface area contributed by atoms with Crippen molar-refractivity contribution in [1.82, 2.24) is 4.90 Å². The average Bonchev–Trinajstić information content (AvgIpc) is 2.19. The Morgan fingerprint density at radius 3 is 2.56 bits per heavy atom. The van der Waals surface area contributed by atoms with Crippen LogP contribution in [0.4, 0.5) is 0 Å². The first-order chi connectivity index (χ1) is 7.58. The number of nitrogens with zero attached hydrogens (tertiary/aromatic N) is 1. The molecule has 0 bridgehead atoms. The van der Waals surface area contributed by atoms with Gasteiger partial charge in [-0.05, 0) is 52.1 Å². The van der Waals surface area contributed by atoms with E-state index in [4.69, 9.17) is 10.5 Å². The first-order valence-electron chi connectivity index (χ1n) is 6.20. The van der Waals surface area contributed by atoms with Gasteiger partial charge >= 0.3 is 0 Å². The summed E-state index contributed by atoms with van der Waals surface area (Å²) in [5, 5.41) is 0. The summed E-state index contributed by atoms with van der Waals surface area (Å²) in [6, 6.07) is 0. The second kappa shape index (κ2) is 6.86. The average molecular weight is 228 g/mol. The molecule has 0 radical (unpaired) electrons. The highest BCUT2D eigenvalue weighted by atomic mass is 16.5. The zero-order valence-corrected chi connectivity index (χ0v) is 10.4. The molecular formula is C12H24N2O2. The highest BCUT2D eigenvalue weighted by Gasteiger charge is 2.19. The van der Waals surface area contributed by atoms with E-state index in [0.29, 0.717) is 12.6 Å². The van der Waals surface area contributed by atoms with Gasteiger partial charge in [-0.3, -0.25) is 9.69 Å². The van der Waals surface area contributed by atoms with Crippen LogP contribution in [-0.4, -0.2) is 43.2 Å². The van der Waals surface area contributed by atoms with Crippen LogP contribution in [-0.2, 0) is 9.53 Å². The molecule has 0 aromatic carbocycles. The number of amides is 1. The lowest BCUT2D eigenvalue weighted by Crippen LogP contribution is -2.39. The fourth-order valence-electron chi connectivity index (χ4n) is 2.12. The van der Waals surface area contributed by atoms with Crippen molar-refractivity contribution in [3.05, 3.63) is 0 Å². The fourth-order valence-corrected chi connectivity index (χ4v) is 2.12. The second-order valence-corrected chi connectivity index (χ2v) is 4.89. The number of piperidine rings is 1. The maximum atomic E-state index is 10.8. The molecule has 0 aromatic heterocycles. The first kappa shape index (κ1) is 13.5. The summed E-state index contributed by atoms with van der Waals surface area (Å²) in [4.78, 5) is 12.9. The number of carbonyl (C=O) groups is 1. The molecule has 1 rings (SSSR count). The summed E-state index contributed by atoms with van der Waals surface area (Å²) < 4.78 is 5.55. The minimum atomic E-state index is -0.221.